The molecule has 5 aliphatic rings. The second-order valence-electron chi connectivity index (χ2n) is 8.50. The lowest BCUT2D eigenvalue weighted by Crippen LogP contribution is -2.46. The summed E-state index contributed by atoms with van der Waals surface area (Å²) in [6.07, 6.45) is 5.35. The fourth-order valence-electron chi connectivity index (χ4n) is 5.54. The van der Waals surface area contributed by atoms with Gasteiger partial charge in [-0.15, -0.1) is 0 Å². The van der Waals surface area contributed by atoms with Crippen molar-refractivity contribution < 1.29 is 19.2 Å². The summed E-state index contributed by atoms with van der Waals surface area (Å²) in [4.78, 5) is 51.7. The minimum Gasteiger partial charge on any atom is -0.324 e. The van der Waals surface area contributed by atoms with Crippen LogP contribution in [0, 0.1) is 35.5 Å². The molecule has 2 saturated carbocycles. The Balaban J connectivity index is 1.36. The van der Waals surface area contributed by atoms with Crippen molar-refractivity contribution in [3.05, 3.63) is 42.0 Å². The van der Waals surface area contributed by atoms with Crippen molar-refractivity contribution in [2.24, 2.45) is 35.5 Å². The molecule has 1 N–H and O–H groups in total. The third-order valence-electron chi connectivity index (χ3n) is 7.00. The minimum absolute atomic E-state index is 0.0975. The molecule has 0 aromatic heterocycles. The van der Waals surface area contributed by atoms with Crippen LogP contribution in [-0.4, -0.2) is 34.4 Å². The molecule has 1 aromatic carbocycles. The number of nitrogens with zero attached hydrogens (tertiary/aromatic N) is 1. The summed E-state index contributed by atoms with van der Waals surface area (Å²) in [7, 11) is 0. The monoisotopic (exact) mass is 378 g/mol. The molecule has 144 valence electrons. The number of carbonyl (C=O) groups excluding carboxylic acids is 4. The molecule has 1 heterocycles. The van der Waals surface area contributed by atoms with E-state index in [0.717, 1.165) is 6.42 Å². The molecule has 3 amide bonds. The molecule has 1 aliphatic heterocycles. The Labute approximate surface area is 163 Å². The highest BCUT2D eigenvalue weighted by atomic mass is 16.2. The van der Waals surface area contributed by atoms with E-state index in [-0.39, 0.29) is 41.3 Å². The van der Waals surface area contributed by atoms with Crippen molar-refractivity contribution in [2.45, 2.75) is 26.3 Å². The Morgan fingerprint density at radius 1 is 1.07 bits per heavy atom. The first-order valence-corrected chi connectivity index (χ1v) is 9.85. The molecule has 1 aromatic rings. The van der Waals surface area contributed by atoms with E-state index < -0.39 is 11.9 Å². The zero-order valence-corrected chi connectivity index (χ0v) is 15.8. The summed E-state index contributed by atoms with van der Waals surface area (Å²) in [5.41, 5.74) is 0.968. The second kappa shape index (κ2) is 5.87. The van der Waals surface area contributed by atoms with Gasteiger partial charge in [0.2, 0.25) is 17.7 Å². The van der Waals surface area contributed by atoms with E-state index in [1.807, 2.05) is 0 Å². The highest BCUT2D eigenvalue weighted by Gasteiger charge is 2.67. The lowest BCUT2D eigenvalue weighted by Gasteiger charge is -2.37. The molecule has 3 fully saturated rings. The Morgan fingerprint density at radius 3 is 2.25 bits per heavy atom. The van der Waals surface area contributed by atoms with Gasteiger partial charge in [0.15, 0.2) is 5.78 Å². The van der Waals surface area contributed by atoms with Gasteiger partial charge in [0.1, 0.15) is 6.04 Å². The van der Waals surface area contributed by atoms with Crippen LogP contribution in [0.15, 0.2) is 36.4 Å². The number of hydrogen-bond donors (Lipinski definition) is 1. The Morgan fingerprint density at radius 2 is 1.68 bits per heavy atom. The predicted molar refractivity (Wildman–Crippen MR) is 101 cm³/mol. The van der Waals surface area contributed by atoms with E-state index in [9.17, 15) is 19.2 Å². The fourth-order valence-corrected chi connectivity index (χ4v) is 5.54. The number of rotatable bonds is 4. The molecular formula is C22H22N2O4. The maximum absolute atomic E-state index is 13.1. The predicted octanol–water partition coefficient (Wildman–Crippen LogP) is 2.27. The summed E-state index contributed by atoms with van der Waals surface area (Å²) < 4.78 is 0. The number of nitrogens with one attached hydrogen (secondary N) is 1. The first-order chi connectivity index (χ1) is 13.4. The smallest absolute Gasteiger partial charge is 0.247 e. The molecule has 2 bridgehead atoms. The van der Waals surface area contributed by atoms with Crippen molar-refractivity contribution >= 4 is 29.2 Å². The fraction of sp³-hybridized carbons (Fsp3) is 0.455. The van der Waals surface area contributed by atoms with Gasteiger partial charge in [-0.2, -0.15) is 0 Å². The van der Waals surface area contributed by atoms with E-state index in [0.29, 0.717) is 23.1 Å². The number of hydrogen-bond acceptors (Lipinski definition) is 4. The average Bonchev–Trinajstić information content (AvgIpc) is 3.45. The number of likely N-dealkylation sites (tertiary alicyclic amines) is 1. The second-order valence-corrected chi connectivity index (χ2v) is 8.50. The molecule has 7 atom stereocenters. The topological polar surface area (TPSA) is 83.6 Å². The summed E-state index contributed by atoms with van der Waals surface area (Å²) in [5.74, 6) is -0.193. The van der Waals surface area contributed by atoms with Gasteiger partial charge in [-0.1, -0.05) is 24.3 Å². The van der Waals surface area contributed by atoms with Crippen LogP contribution in [0.4, 0.5) is 5.69 Å². The zero-order valence-electron chi connectivity index (χ0n) is 15.8. The maximum Gasteiger partial charge on any atom is 0.247 e. The highest BCUT2D eigenvalue weighted by molar-refractivity contribution is 6.10. The Hall–Kier alpha value is -2.76. The van der Waals surface area contributed by atoms with Crippen LogP contribution >= 0.6 is 0 Å². The number of benzene rings is 1. The van der Waals surface area contributed by atoms with Crippen LogP contribution < -0.4 is 5.32 Å². The molecule has 4 aliphatic carbocycles. The molecule has 6 nitrogen and oxygen atoms in total. The maximum atomic E-state index is 13.1. The quantitative estimate of drug-likeness (QED) is 0.495. The lowest BCUT2D eigenvalue weighted by molar-refractivity contribution is -0.146. The summed E-state index contributed by atoms with van der Waals surface area (Å²) in [6.45, 7) is 3.05. The van der Waals surface area contributed by atoms with Gasteiger partial charge < -0.3 is 5.32 Å². The van der Waals surface area contributed by atoms with Gasteiger partial charge >= 0.3 is 0 Å². The van der Waals surface area contributed by atoms with Gasteiger partial charge in [-0.05, 0) is 56.1 Å². The van der Waals surface area contributed by atoms with E-state index in [1.165, 1.54) is 11.8 Å². The van der Waals surface area contributed by atoms with Gasteiger partial charge in [-0.3, -0.25) is 24.1 Å². The Bertz CT molecular complexity index is 916. The number of ketones is 1. The summed E-state index contributed by atoms with van der Waals surface area (Å²) in [5, 5.41) is 2.74. The SMILES string of the molecule is CC(=O)c1cccc(NC(=O)C(C)N2C(=O)C3C4C=CC(C5CC45)C3C2=O)c1. The van der Waals surface area contributed by atoms with Crippen molar-refractivity contribution in [2.75, 3.05) is 5.32 Å². The highest BCUT2D eigenvalue weighted by Crippen LogP contribution is 2.65. The third-order valence-corrected chi connectivity index (χ3v) is 7.00. The minimum atomic E-state index is -0.887. The number of allylic oxidation sites excluding steroid dienone is 2. The van der Waals surface area contributed by atoms with Crippen LogP contribution in [0.3, 0.4) is 0 Å². The first kappa shape index (κ1) is 17.3. The molecule has 0 spiro atoms. The van der Waals surface area contributed by atoms with Crippen LogP contribution in [-0.2, 0) is 14.4 Å². The zero-order chi connectivity index (χ0) is 19.7. The largest absolute Gasteiger partial charge is 0.324 e. The van der Waals surface area contributed by atoms with Gasteiger partial charge in [0.25, 0.3) is 0 Å². The first-order valence-electron chi connectivity index (χ1n) is 9.85. The summed E-state index contributed by atoms with van der Waals surface area (Å²) >= 11 is 0. The van der Waals surface area contributed by atoms with Crippen LogP contribution in [0.5, 0.6) is 0 Å². The van der Waals surface area contributed by atoms with E-state index >= 15 is 0 Å². The van der Waals surface area contributed by atoms with Crippen molar-refractivity contribution in [1.82, 2.24) is 4.90 Å². The van der Waals surface area contributed by atoms with E-state index in [4.69, 9.17) is 0 Å². The van der Waals surface area contributed by atoms with Gasteiger partial charge in [-0.25, -0.2) is 0 Å². The third kappa shape index (κ3) is 2.33. The molecule has 6 rings (SSSR count). The van der Waals surface area contributed by atoms with Crippen LogP contribution in [0.1, 0.15) is 30.6 Å². The van der Waals surface area contributed by atoms with Gasteiger partial charge in [0.05, 0.1) is 11.8 Å². The number of carbonyl (C=O) groups is 4. The van der Waals surface area contributed by atoms with Crippen LogP contribution in [0.25, 0.3) is 0 Å². The Kier molecular flexibility index (Phi) is 3.63. The number of anilines is 1. The van der Waals surface area contributed by atoms with E-state index in [1.54, 1.807) is 31.2 Å². The molecule has 0 radical (unpaired) electrons. The van der Waals surface area contributed by atoms with Crippen molar-refractivity contribution in [1.29, 1.82) is 0 Å². The lowest BCUT2D eigenvalue weighted by atomic mass is 9.63. The number of imide groups is 1. The van der Waals surface area contributed by atoms with Crippen molar-refractivity contribution in [3.63, 3.8) is 0 Å². The molecule has 7 unspecified atom stereocenters. The molecule has 6 heteroatoms. The molecule has 1 saturated heterocycles. The van der Waals surface area contributed by atoms with Gasteiger partial charge in [0, 0.05) is 11.3 Å². The standard InChI is InChI=1S/C22H22N2O4/c1-10(20(26)23-13-5-3-4-12(8-13)11(2)25)24-21(27)18-14-6-7-15(17-9-16(14)17)19(18)22(24)28/h3-8,10,14-19H,9H2,1-2H3,(H,23,26). The van der Waals surface area contributed by atoms with E-state index in [2.05, 4.69) is 17.5 Å². The molecule has 28 heavy (non-hydrogen) atoms. The normalized spacial score (nSPS) is 35.4. The number of Topliss-reactive ketones (excluding diaryl/α,β-unsaturated/α-hetero) is 1. The number of amides is 3. The molecular weight excluding hydrogens is 356 g/mol. The summed E-state index contributed by atoms with van der Waals surface area (Å²) in [6, 6.07) is 5.75. The average molecular weight is 378 g/mol. The van der Waals surface area contributed by atoms with Crippen molar-refractivity contribution in [3.8, 4) is 0 Å². The van der Waals surface area contributed by atoms with Crippen LogP contribution in [0.2, 0.25) is 0 Å².